The van der Waals surface area contributed by atoms with E-state index in [2.05, 4.69) is 26.2 Å². The Morgan fingerprint density at radius 1 is 1.24 bits per heavy atom. The molecule has 2 heterocycles. The van der Waals surface area contributed by atoms with Crippen molar-refractivity contribution < 1.29 is 15.0 Å². The van der Waals surface area contributed by atoms with Crippen LogP contribution in [0.25, 0.3) is 5.52 Å². The van der Waals surface area contributed by atoms with Crippen molar-refractivity contribution in [3.05, 3.63) is 53.0 Å². The number of hydrogen-bond donors (Lipinski definition) is 3. The van der Waals surface area contributed by atoms with Gasteiger partial charge in [0.05, 0.1) is 11.2 Å². The summed E-state index contributed by atoms with van der Waals surface area (Å²) in [6.07, 6.45) is 1.72. The summed E-state index contributed by atoms with van der Waals surface area (Å²) in [5.41, 5.74) is 0.958. The van der Waals surface area contributed by atoms with E-state index >= 15 is 0 Å². The van der Waals surface area contributed by atoms with Crippen LogP contribution in [-0.2, 0) is 0 Å². The van der Waals surface area contributed by atoms with Crippen LogP contribution in [0.1, 0.15) is 10.6 Å². The lowest BCUT2D eigenvalue weighted by Crippen LogP contribution is -2.15. The minimum atomic E-state index is -0.470. The van der Waals surface area contributed by atoms with Crippen LogP contribution >= 0.6 is 15.9 Å². The highest BCUT2D eigenvalue weighted by atomic mass is 79.9. The summed E-state index contributed by atoms with van der Waals surface area (Å²) in [6.45, 7) is 0. The summed E-state index contributed by atoms with van der Waals surface area (Å²) in [5, 5.41) is 21.5. The van der Waals surface area contributed by atoms with Crippen LogP contribution in [-0.4, -0.2) is 25.5 Å². The number of hydrogen-bond acceptors (Lipinski definition) is 4. The summed E-state index contributed by atoms with van der Waals surface area (Å²) >= 11 is 3.30. The molecule has 0 atom stereocenters. The monoisotopic (exact) mass is 347 g/mol. The van der Waals surface area contributed by atoms with Crippen LogP contribution < -0.4 is 5.32 Å². The zero-order valence-electron chi connectivity index (χ0n) is 10.6. The fourth-order valence-corrected chi connectivity index (χ4v) is 2.46. The maximum atomic E-state index is 12.3. The molecule has 0 spiro atoms. The first-order valence-electron chi connectivity index (χ1n) is 6.02. The molecule has 3 N–H and O–H groups in total. The molecule has 106 valence electrons. The summed E-state index contributed by atoms with van der Waals surface area (Å²) in [5.74, 6) is -0.587. The molecule has 1 aromatic carbocycles. The molecule has 0 aliphatic heterocycles. The Morgan fingerprint density at radius 3 is 2.81 bits per heavy atom. The van der Waals surface area contributed by atoms with E-state index in [1.165, 1.54) is 12.1 Å². The number of halogens is 1. The molecule has 0 saturated heterocycles. The van der Waals surface area contributed by atoms with E-state index in [4.69, 9.17) is 0 Å². The number of carbonyl (C=O) groups excluding carboxylic acids is 1. The van der Waals surface area contributed by atoms with Crippen molar-refractivity contribution in [2.75, 3.05) is 5.32 Å². The second-order valence-electron chi connectivity index (χ2n) is 4.34. The van der Waals surface area contributed by atoms with E-state index < -0.39 is 5.91 Å². The maximum absolute atomic E-state index is 12.3. The Hall–Kier alpha value is -2.54. The number of aromatic hydroxyl groups is 2. The second-order valence-corrected chi connectivity index (χ2v) is 5.09. The van der Waals surface area contributed by atoms with Gasteiger partial charge in [-0.2, -0.15) is 0 Å². The zero-order valence-corrected chi connectivity index (χ0v) is 12.2. The lowest BCUT2D eigenvalue weighted by atomic mass is 10.2. The van der Waals surface area contributed by atoms with E-state index in [9.17, 15) is 15.0 Å². The average Bonchev–Trinajstić information content (AvgIpc) is 2.80. The van der Waals surface area contributed by atoms with Crippen molar-refractivity contribution in [3.63, 3.8) is 0 Å². The number of anilines is 1. The van der Waals surface area contributed by atoms with E-state index in [0.29, 0.717) is 4.60 Å². The van der Waals surface area contributed by atoms with Gasteiger partial charge in [-0.05, 0) is 40.2 Å². The number of aromatic nitrogens is 2. The Bertz CT molecular complexity index is 845. The number of carbonyl (C=O) groups is 1. The smallest absolute Gasteiger partial charge is 0.292 e. The molecule has 0 unspecified atom stereocenters. The summed E-state index contributed by atoms with van der Waals surface area (Å²) < 4.78 is 2.19. The van der Waals surface area contributed by atoms with E-state index in [-0.39, 0.29) is 23.0 Å². The number of rotatable bonds is 2. The third kappa shape index (κ3) is 2.43. The van der Waals surface area contributed by atoms with Crippen molar-refractivity contribution in [1.29, 1.82) is 0 Å². The van der Waals surface area contributed by atoms with Crippen molar-refractivity contribution in [2.24, 2.45) is 0 Å². The van der Waals surface area contributed by atoms with Gasteiger partial charge in [-0.15, -0.1) is 0 Å². The highest BCUT2D eigenvalue weighted by Gasteiger charge is 2.17. The van der Waals surface area contributed by atoms with E-state index in [1.54, 1.807) is 16.7 Å². The maximum Gasteiger partial charge on any atom is 0.292 e. The van der Waals surface area contributed by atoms with Crippen LogP contribution in [0.2, 0.25) is 0 Å². The van der Waals surface area contributed by atoms with Crippen molar-refractivity contribution >= 4 is 33.0 Å². The predicted octanol–water partition coefficient (Wildman–Crippen LogP) is 2.76. The largest absolute Gasteiger partial charge is 0.508 e. The molecule has 1 amide bonds. The lowest BCUT2D eigenvalue weighted by Gasteiger charge is -2.06. The van der Waals surface area contributed by atoms with Crippen LogP contribution in [0, 0.1) is 0 Å². The number of nitrogens with one attached hydrogen (secondary N) is 1. The molecule has 0 saturated carbocycles. The van der Waals surface area contributed by atoms with Gasteiger partial charge in [-0.1, -0.05) is 6.07 Å². The molecular formula is C14H10BrN3O3. The lowest BCUT2D eigenvalue weighted by molar-refractivity contribution is 0.101. The van der Waals surface area contributed by atoms with Gasteiger partial charge < -0.3 is 15.5 Å². The molecule has 6 nitrogen and oxygen atoms in total. The van der Waals surface area contributed by atoms with Gasteiger partial charge in [0.25, 0.3) is 5.91 Å². The first kappa shape index (κ1) is 13.4. The van der Waals surface area contributed by atoms with Gasteiger partial charge in [0, 0.05) is 12.3 Å². The first-order chi connectivity index (χ1) is 10.1. The Kier molecular flexibility index (Phi) is 3.26. The molecule has 2 aromatic heterocycles. The van der Waals surface area contributed by atoms with Crippen LogP contribution in [0.5, 0.6) is 11.5 Å². The van der Waals surface area contributed by atoms with Crippen molar-refractivity contribution in [3.8, 4) is 11.5 Å². The fraction of sp³-hybridized carbons (Fsp3) is 0. The zero-order chi connectivity index (χ0) is 15.0. The number of imidazole rings is 1. The molecule has 0 aliphatic carbocycles. The van der Waals surface area contributed by atoms with Crippen LogP contribution in [0.4, 0.5) is 5.69 Å². The molecule has 0 aliphatic rings. The summed E-state index contributed by atoms with van der Waals surface area (Å²) in [6, 6.07) is 9.38. The third-order valence-electron chi connectivity index (χ3n) is 2.94. The highest BCUT2D eigenvalue weighted by Crippen LogP contribution is 2.28. The van der Waals surface area contributed by atoms with Gasteiger partial charge in [0.1, 0.15) is 16.1 Å². The Labute approximate surface area is 127 Å². The predicted molar refractivity (Wildman–Crippen MR) is 80.6 cm³/mol. The SMILES string of the molecule is O=C(Nc1ccc(O)cc1O)c1nc(Br)c2ccccn12. The number of pyridine rings is 1. The second kappa shape index (κ2) is 5.10. The molecule has 0 radical (unpaired) electrons. The molecule has 0 bridgehead atoms. The molecule has 21 heavy (non-hydrogen) atoms. The normalized spacial score (nSPS) is 10.7. The quantitative estimate of drug-likeness (QED) is 0.491. The minimum absolute atomic E-state index is 0.0838. The van der Waals surface area contributed by atoms with Gasteiger partial charge in [-0.3, -0.25) is 9.20 Å². The number of fused-ring (bicyclic) bond motifs is 1. The van der Waals surface area contributed by atoms with E-state index in [0.717, 1.165) is 11.6 Å². The van der Waals surface area contributed by atoms with E-state index in [1.807, 2.05) is 12.1 Å². The highest BCUT2D eigenvalue weighted by molar-refractivity contribution is 9.10. The van der Waals surface area contributed by atoms with Gasteiger partial charge in [0.15, 0.2) is 0 Å². The molecule has 7 heteroatoms. The van der Waals surface area contributed by atoms with Crippen LogP contribution in [0.15, 0.2) is 47.2 Å². The minimum Gasteiger partial charge on any atom is -0.508 e. The van der Waals surface area contributed by atoms with Crippen LogP contribution in [0.3, 0.4) is 0 Å². The summed E-state index contributed by atoms with van der Waals surface area (Å²) in [4.78, 5) is 16.5. The Morgan fingerprint density at radius 2 is 2.05 bits per heavy atom. The number of amides is 1. The number of benzene rings is 1. The topological polar surface area (TPSA) is 86.9 Å². The third-order valence-corrected chi connectivity index (χ3v) is 3.52. The number of phenolic OH excluding ortho intramolecular Hbond substituents is 2. The summed E-state index contributed by atoms with van der Waals surface area (Å²) in [7, 11) is 0. The van der Waals surface area contributed by atoms with Gasteiger partial charge in [-0.25, -0.2) is 4.98 Å². The molecule has 3 aromatic rings. The average molecular weight is 348 g/mol. The van der Waals surface area contributed by atoms with Crippen molar-refractivity contribution in [2.45, 2.75) is 0 Å². The number of phenols is 2. The van der Waals surface area contributed by atoms with Gasteiger partial charge in [0.2, 0.25) is 5.82 Å². The Balaban J connectivity index is 1.98. The molecular weight excluding hydrogens is 338 g/mol. The molecule has 3 rings (SSSR count). The standard InChI is InChI=1S/C14H10BrN3O3/c15-12-10-3-1-2-6-18(10)13(17-12)14(21)16-9-5-4-8(19)7-11(9)20/h1-7,19-20H,(H,16,21). The van der Waals surface area contributed by atoms with Crippen molar-refractivity contribution in [1.82, 2.24) is 9.38 Å². The fourth-order valence-electron chi connectivity index (χ4n) is 1.96. The molecule has 0 fully saturated rings. The first-order valence-corrected chi connectivity index (χ1v) is 6.81. The van der Waals surface area contributed by atoms with Gasteiger partial charge >= 0.3 is 0 Å². The number of nitrogens with zero attached hydrogens (tertiary/aromatic N) is 2.